The van der Waals surface area contributed by atoms with Crippen molar-refractivity contribution in [3.8, 4) is 0 Å². The van der Waals surface area contributed by atoms with Crippen molar-refractivity contribution < 1.29 is 0 Å². The van der Waals surface area contributed by atoms with E-state index >= 15 is 0 Å². The Hall–Kier alpha value is -1.38. The van der Waals surface area contributed by atoms with Gasteiger partial charge in [-0.1, -0.05) is 19.3 Å². The Morgan fingerprint density at radius 2 is 1.88 bits per heavy atom. The molecule has 3 nitrogen and oxygen atoms in total. The standard InChI is InChI=1S/C13H17N3/c1-16-12(10-5-3-2-4-6-10)9-11-13(16)15-8-7-14-11/h7-10H,2-6H2,1H3. The fourth-order valence-electron chi connectivity index (χ4n) is 2.85. The maximum atomic E-state index is 4.40. The van der Waals surface area contributed by atoms with Crippen molar-refractivity contribution in [1.82, 2.24) is 14.5 Å². The van der Waals surface area contributed by atoms with Gasteiger partial charge < -0.3 is 4.57 Å². The summed E-state index contributed by atoms with van der Waals surface area (Å²) in [6.07, 6.45) is 10.3. The number of hydrogen-bond donors (Lipinski definition) is 0. The molecule has 1 aliphatic rings. The predicted octanol–water partition coefficient (Wildman–Crippen LogP) is 3.02. The van der Waals surface area contributed by atoms with Crippen LogP contribution in [-0.2, 0) is 7.05 Å². The summed E-state index contributed by atoms with van der Waals surface area (Å²) < 4.78 is 2.22. The van der Waals surface area contributed by atoms with Crippen LogP contribution in [0.25, 0.3) is 11.2 Å². The number of hydrogen-bond acceptors (Lipinski definition) is 2. The summed E-state index contributed by atoms with van der Waals surface area (Å²) in [5.74, 6) is 0.717. The summed E-state index contributed by atoms with van der Waals surface area (Å²) in [5, 5.41) is 0. The topological polar surface area (TPSA) is 30.7 Å². The monoisotopic (exact) mass is 215 g/mol. The molecule has 0 radical (unpaired) electrons. The van der Waals surface area contributed by atoms with Gasteiger partial charge in [0.1, 0.15) is 5.52 Å². The highest BCUT2D eigenvalue weighted by atomic mass is 15.0. The first kappa shape index (κ1) is 9.82. The molecule has 0 saturated heterocycles. The summed E-state index contributed by atoms with van der Waals surface area (Å²) in [4.78, 5) is 8.77. The third-order valence-electron chi connectivity index (χ3n) is 3.72. The molecule has 0 bridgehead atoms. The van der Waals surface area contributed by atoms with E-state index in [0.29, 0.717) is 0 Å². The van der Waals surface area contributed by atoms with Crippen molar-refractivity contribution in [3.05, 3.63) is 24.2 Å². The molecule has 0 aromatic carbocycles. The van der Waals surface area contributed by atoms with E-state index in [2.05, 4.69) is 27.6 Å². The first-order valence-electron chi connectivity index (χ1n) is 6.12. The predicted molar refractivity (Wildman–Crippen MR) is 64.3 cm³/mol. The van der Waals surface area contributed by atoms with Crippen LogP contribution < -0.4 is 0 Å². The van der Waals surface area contributed by atoms with Gasteiger partial charge in [-0.2, -0.15) is 0 Å². The van der Waals surface area contributed by atoms with Crippen LogP contribution in [0.4, 0.5) is 0 Å². The van der Waals surface area contributed by atoms with E-state index in [9.17, 15) is 0 Å². The summed E-state index contributed by atoms with van der Waals surface area (Å²) in [6.45, 7) is 0. The zero-order chi connectivity index (χ0) is 11.0. The Labute approximate surface area is 95.5 Å². The molecule has 0 spiro atoms. The van der Waals surface area contributed by atoms with Crippen LogP contribution in [0.1, 0.15) is 43.7 Å². The Kier molecular flexibility index (Phi) is 2.39. The van der Waals surface area contributed by atoms with Crippen LogP contribution in [0.3, 0.4) is 0 Å². The molecule has 84 valence electrons. The smallest absolute Gasteiger partial charge is 0.158 e. The van der Waals surface area contributed by atoms with Crippen LogP contribution in [0.5, 0.6) is 0 Å². The first-order valence-corrected chi connectivity index (χ1v) is 6.12. The molecule has 1 aliphatic carbocycles. The maximum Gasteiger partial charge on any atom is 0.158 e. The molecule has 3 rings (SSSR count). The van der Waals surface area contributed by atoms with Crippen LogP contribution in [0, 0.1) is 0 Å². The SMILES string of the molecule is Cn1c(C2CCCCC2)cc2nccnc21. The number of fused-ring (bicyclic) bond motifs is 1. The van der Waals surface area contributed by atoms with E-state index < -0.39 is 0 Å². The van der Waals surface area contributed by atoms with Crippen LogP contribution in [0.15, 0.2) is 18.5 Å². The van der Waals surface area contributed by atoms with Gasteiger partial charge in [0.2, 0.25) is 0 Å². The summed E-state index contributed by atoms with van der Waals surface area (Å²) in [7, 11) is 2.11. The molecule has 0 atom stereocenters. The third-order valence-corrected chi connectivity index (χ3v) is 3.72. The second-order valence-corrected chi connectivity index (χ2v) is 4.73. The highest BCUT2D eigenvalue weighted by molar-refractivity contribution is 5.72. The van der Waals surface area contributed by atoms with Crippen molar-refractivity contribution >= 4 is 11.2 Å². The van der Waals surface area contributed by atoms with Crippen molar-refractivity contribution in [1.29, 1.82) is 0 Å². The van der Waals surface area contributed by atoms with Gasteiger partial charge in [-0.25, -0.2) is 4.98 Å². The van der Waals surface area contributed by atoms with Crippen molar-refractivity contribution in [2.45, 2.75) is 38.0 Å². The number of rotatable bonds is 1. The molecule has 0 unspecified atom stereocenters. The number of aryl methyl sites for hydroxylation is 1. The fraction of sp³-hybridized carbons (Fsp3) is 0.538. The van der Waals surface area contributed by atoms with Gasteiger partial charge in [0.25, 0.3) is 0 Å². The van der Waals surface area contributed by atoms with E-state index in [1.165, 1.54) is 37.8 Å². The Morgan fingerprint density at radius 1 is 1.12 bits per heavy atom. The average Bonchev–Trinajstić information content (AvgIpc) is 2.69. The van der Waals surface area contributed by atoms with E-state index in [4.69, 9.17) is 0 Å². The minimum atomic E-state index is 0.717. The second-order valence-electron chi connectivity index (χ2n) is 4.73. The number of aromatic nitrogens is 3. The van der Waals surface area contributed by atoms with E-state index in [0.717, 1.165) is 17.1 Å². The van der Waals surface area contributed by atoms with E-state index in [1.54, 1.807) is 12.4 Å². The van der Waals surface area contributed by atoms with Gasteiger partial charge in [0.15, 0.2) is 5.65 Å². The van der Waals surface area contributed by atoms with Gasteiger partial charge in [0, 0.05) is 25.1 Å². The van der Waals surface area contributed by atoms with Gasteiger partial charge in [-0.05, 0) is 24.8 Å². The normalized spacial score (nSPS) is 18.1. The van der Waals surface area contributed by atoms with E-state index in [-0.39, 0.29) is 0 Å². The van der Waals surface area contributed by atoms with Crippen molar-refractivity contribution in [2.75, 3.05) is 0 Å². The zero-order valence-electron chi connectivity index (χ0n) is 9.69. The zero-order valence-corrected chi connectivity index (χ0v) is 9.69. The van der Waals surface area contributed by atoms with Gasteiger partial charge >= 0.3 is 0 Å². The highest BCUT2D eigenvalue weighted by Crippen LogP contribution is 2.34. The molecule has 0 amide bonds. The number of nitrogens with zero attached hydrogens (tertiary/aromatic N) is 3. The summed E-state index contributed by atoms with van der Waals surface area (Å²) in [6, 6.07) is 2.22. The quantitative estimate of drug-likeness (QED) is 0.732. The lowest BCUT2D eigenvalue weighted by Crippen LogP contribution is -2.08. The van der Waals surface area contributed by atoms with Crippen molar-refractivity contribution in [2.24, 2.45) is 7.05 Å². The van der Waals surface area contributed by atoms with E-state index in [1.807, 2.05) is 0 Å². The minimum absolute atomic E-state index is 0.717. The van der Waals surface area contributed by atoms with Crippen LogP contribution in [0.2, 0.25) is 0 Å². The molecular weight excluding hydrogens is 198 g/mol. The Bertz CT molecular complexity index is 495. The van der Waals surface area contributed by atoms with Gasteiger partial charge in [0.05, 0.1) is 0 Å². The molecule has 16 heavy (non-hydrogen) atoms. The molecule has 3 heteroatoms. The highest BCUT2D eigenvalue weighted by Gasteiger charge is 2.19. The molecule has 1 saturated carbocycles. The molecule has 0 aliphatic heterocycles. The lowest BCUT2D eigenvalue weighted by molar-refractivity contribution is 0.430. The maximum absolute atomic E-state index is 4.40. The van der Waals surface area contributed by atoms with Gasteiger partial charge in [-0.3, -0.25) is 4.98 Å². The minimum Gasteiger partial charge on any atom is -0.331 e. The Balaban J connectivity index is 2.05. The largest absolute Gasteiger partial charge is 0.331 e. The van der Waals surface area contributed by atoms with Crippen LogP contribution >= 0.6 is 0 Å². The lowest BCUT2D eigenvalue weighted by atomic mass is 9.87. The average molecular weight is 215 g/mol. The first-order chi connectivity index (χ1) is 7.86. The fourth-order valence-corrected chi connectivity index (χ4v) is 2.85. The third kappa shape index (κ3) is 1.51. The molecule has 1 fully saturated rings. The van der Waals surface area contributed by atoms with Gasteiger partial charge in [-0.15, -0.1) is 0 Å². The Morgan fingerprint density at radius 3 is 2.62 bits per heavy atom. The lowest BCUT2D eigenvalue weighted by Gasteiger charge is -2.22. The van der Waals surface area contributed by atoms with Crippen LogP contribution in [-0.4, -0.2) is 14.5 Å². The molecule has 0 N–H and O–H groups in total. The summed E-state index contributed by atoms with van der Waals surface area (Å²) in [5.41, 5.74) is 3.47. The molecular formula is C13H17N3. The second kappa shape index (κ2) is 3.89. The van der Waals surface area contributed by atoms with Crippen molar-refractivity contribution in [3.63, 3.8) is 0 Å². The molecule has 2 aromatic heterocycles. The molecule has 2 heterocycles. The summed E-state index contributed by atoms with van der Waals surface area (Å²) >= 11 is 0. The molecule has 2 aromatic rings.